The van der Waals surface area contributed by atoms with Crippen molar-refractivity contribution in [3.05, 3.63) is 71.1 Å². The van der Waals surface area contributed by atoms with Gasteiger partial charge in [0.25, 0.3) is 0 Å². The predicted octanol–water partition coefficient (Wildman–Crippen LogP) is -2.43. The van der Waals surface area contributed by atoms with E-state index in [9.17, 15) is 40.5 Å². The van der Waals surface area contributed by atoms with Crippen LogP contribution in [0.25, 0.3) is 0 Å². The number of hydrogen-bond acceptors (Lipinski definition) is 18. The number of hydrogen-bond donors (Lipinski definition) is 0. The summed E-state index contributed by atoms with van der Waals surface area (Å²) in [5, 5.41) is 61.2. The zero-order valence-corrected chi connectivity index (χ0v) is 14.7. The molecule has 25 heteroatoms. The Kier molecular flexibility index (Phi) is 17.9. The molecule has 0 aromatic rings. The third kappa shape index (κ3) is 28.8. The summed E-state index contributed by atoms with van der Waals surface area (Å²) in [5.41, 5.74) is 0. The van der Waals surface area contributed by atoms with Crippen molar-refractivity contribution in [3.8, 4) is 0 Å². The zero-order chi connectivity index (χ0) is 20.8. The summed E-state index contributed by atoms with van der Waals surface area (Å²) in [6, 6.07) is 0. The molecule has 0 spiro atoms. The van der Waals surface area contributed by atoms with Gasteiger partial charge in [0.2, 0.25) is 0 Å². The van der Waals surface area contributed by atoms with E-state index in [1.165, 1.54) is 0 Å². The van der Waals surface area contributed by atoms with Crippen LogP contribution < -0.4 is 0 Å². The fourth-order valence-electron chi connectivity index (χ4n) is 0.465. The molecule has 0 rings (SSSR count). The Morgan fingerprint density at radius 1 is 0.462 bits per heavy atom. The summed E-state index contributed by atoms with van der Waals surface area (Å²) in [6.07, 6.45) is -4.21. The Hall–Kier alpha value is -3.32. The Morgan fingerprint density at radius 2 is 0.577 bits per heavy atom. The standard InChI is InChI=1S/CN4O12.2NO3.Sr/c6-2(7)14-1(15-3(8)9,16-4(10)11)17-5(12)13;2*2-1(3)4;/q;2*-1;+2. The van der Waals surface area contributed by atoms with Crippen molar-refractivity contribution in [2.24, 2.45) is 0 Å². The van der Waals surface area contributed by atoms with Gasteiger partial charge in [-0.2, -0.15) is 0 Å². The second kappa shape index (κ2) is 15.2. The average Bonchev–Trinajstić information content (AvgIpc) is 2.20. The van der Waals surface area contributed by atoms with Crippen LogP contribution in [0.4, 0.5) is 0 Å². The summed E-state index contributed by atoms with van der Waals surface area (Å²) in [4.78, 5) is 68.2. The van der Waals surface area contributed by atoms with Crippen LogP contribution in [0, 0.1) is 71.1 Å². The molecule has 0 fully saturated rings. The van der Waals surface area contributed by atoms with Crippen LogP contribution >= 0.6 is 0 Å². The van der Waals surface area contributed by atoms with E-state index in [2.05, 4.69) is 19.4 Å². The van der Waals surface area contributed by atoms with E-state index in [0.717, 1.165) is 0 Å². The molecule has 0 radical (unpaired) electrons. The third-order valence-corrected chi connectivity index (χ3v) is 0.745. The molecule has 144 valence electrons. The van der Waals surface area contributed by atoms with Crippen LogP contribution in [0.1, 0.15) is 0 Å². The summed E-state index contributed by atoms with van der Waals surface area (Å²) in [7, 11) is 0. The van der Waals surface area contributed by atoms with Crippen molar-refractivity contribution in [2.75, 3.05) is 0 Å². The molecule has 0 aliphatic carbocycles. The van der Waals surface area contributed by atoms with Crippen LogP contribution in [0.15, 0.2) is 0 Å². The molecule has 0 bridgehead atoms. The Balaban J connectivity index is -0.000000226. The molecule has 0 N–H and O–H groups in total. The van der Waals surface area contributed by atoms with Crippen molar-refractivity contribution in [3.63, 3.8) is 0 Å². The van der Waals surface area contributed by atoms with Crippen LogP contribution in [-0.4, -0.2) is 82.2 Å². The SMILES string of the molecule is O=[N+]([O-])OC(O[N+](=O)[O-])(O[N+](=O)[O-])O[N+](=O)[O-].O=[N+]([O-])[O-].O=[N+]([O-])[O-].[Sr+2]. The van der Waals surface area contributed by atoms with E-state index >= 15 is 0 Å². The van der Waals surface area contributed by atoms with Gasteiger partial charge in [0.1, 0.15) is 0 Å². The number of nitrogens with zero attached hydrogens (tertiary/aromatic N) is 6. The minimum Gasteiger partial charge on any atom is -0.356 e. The van der Waals surface area contributed by atoms with Gasteiger partial charge in [-0.1, -0.05) is 0 Å². The molecule has 0 unspecified atom stereocenters. The minimum atomic E-state index is -4.21. The van der Waals surface area contributed by atoms with E-state index in [1.54, 1.807) is 0 Å². The van der Waals surface area contributed by atoms with Crippen molar-refractivity contribution < 1.29 is 49.9 Å². The van der Waals surface area contributed by atoms with Gasteiger partial charge in [0.15, 0.2) is 0 Å². The Morgan fingerprint density at radius 3 is 0.654 bits per heavy atom. The molecule has 26 heavy (non-hydrogen) atoms. The zero-order valence-electron chi connectivity index (χ0n) is 11.2. The number of rotatable bonds is 8. The van der Waals surface area contributed by atoms with Crippen molar-refractivity contribution in [1.82, 2.24) is 0 Å². The molecule has 0 aromatic heterocycles. The molecular weight excluding hydrogens is 472 g/mol. The summed E-state index contributed by atoms with van der Waals surface area (Å²) in [5.74, 6) is 0. The largest absolute Gasteiger partial charge is 2.00 e. The molecule has 0 amide bonds. The van der Waals surface area contributed by atoms with E-state index in [1.807, 2.05) is 0 Å². The van der Waals surface area contributed by atoms with Gasteiger partial charge in [-0.15, -0.1) is 40.5 Å². The minimum absolute atomic E-state index is 0. The Bertz CT molecular complexity index is 424. The third-order valence-electron chi connectivity index (χ3n) is 0.745. The first-order valence-electron chi connectivity index (χ1n) is 4.10. The normalized spacial score (nSPS) is 8.31. The van der Waals surface area contributed by atoms with Crippen LogP contribution in [0.5, 0.6) is 0 Å². The van der Waals surface area contributed by atoms with E-state index in [4.69, 9.17) is 30.6 Å². The van der Waals surface area contributed by atoms with Gasteiger partial charge in [0.05, 0.1) is 10.2 Å². The molecule has 0 aromatic carbocycles. The second-order valence-electron chi connectivity index (χ2n) is 2.21. The maximum atomic E-state index is 9.83. The molecule has 24 nitrogen and oxygen atoms in total. The quantitative estimate of drug-likeness (QED) is 0.153. The van der Waals surface area contributed by atoms with Gasteiger partial charge in [-0.25, -0.2) is 19.4 Å². The van der Waals surface area contributed by atoms with Gasteiger partial charge in [0, 0.05) is 0 Å². The van der Waals surface area contributed by atoms with E-state index < -0.39 is 36.7 Å². The van der Waals surface area contributed by atoms with Crippen LogP contribution in [0.3, 0.4) is 0 Å². The first-order chi connectivity index (χ1) is 11.1. The topological polar surface area (TPSA) is 342 Å². The van der Waals surface area contributed by atoms with Crippen molar-refractivity contribution in [2.45, 2.75) is 6.16 Å². The summed E-state index contributed by atoms with van der Waals surface area (Å²) >= 11 is 0. The fourth-order valence-corrected chi connectivity index (χ4v) is 0.465. The second-order valence-corrected chi connectivity index (χ2v) is 2.21. The first kappa shape index (κ1) is 30.6. The molecule has 0 heterocycles. The molecule has 0 saturated heterocycles. The maximum absolute atomic E-state index is 9.83. The molecule has 0 saturated carbocycles. The van der Waals surface area contributed by atoms with Crippen molar-refractivity contribution in [1.29, 1.82) is 0 Å². The summed E-state index contributed by atoms with van der Waals surface area (Å²) in [6.45, 7) is 0. The fraction of sp³-hybridized carbons (Fsp3) is 1.00. The van der Waals surface area contributed by atoms with Gasteiger partial charge in [-0.05, 0) is 0 Å². The van der Waals surface area contributed by atoms with Gasteiger partial charge in [-0.3, -0.25) is 0 Å². The van der Waals surface area contributed by atoms with Gasteiger partial charge >= 0.3 is 72.0 Å². The first-order valence-corrected chi connectivity index (χ1v) is 4.10. The smallest absolute Gasteiger partial charge is 0.356 e. The van der Waals surface area contributed by atoms with E-state index in [0.29, 0.717) is 0 Å². The summed E-state index contributed by atoms with van der Waals surface area (Å²) < 4.78 is 0. The van der Waals surface area contributed by atoms with Crippen molar-refractivity contribution >= 4 is 45.5 Å². The molecule has 0 atom stereocenters. The Labute approximate surface area is 172 Å². The molecule has 0 aliphatic heterocycles. The van der Waals surface area contributed by atoms with Crippen LogP contribution in [-0.2, 0) is 19.4 Å². The van der Waals surface area contributed by atoms with Gasteiger partial charge < -0.3 is 30.6 Å². The molecular formula is CN6O18Sr. The predicted molar refractivity (Wildman–Crippen MR) is 61.5 cm³/mol. The monoisotopic (exact) mass is 472 g/mol. The molecule has 0 aliphatic rings. The van der Waals surface area contributed by atoms with Crippen LogP contribution in [0.2, 0.25) is 0 Å². The maximum Gasteiger partial charge on any atom is 2.00 e. The average molecular weight is 472 g/mol. The van der Waals surface area contributed by atoms with E-state index in [-0.39, 0.29) is 45.5 Å².